The molecular weight excluding hydrogens is 817 g/mol. The lowest BCUT2D eigenvalue weighted by atomic mass is 10.0. The van der Waals surface area contributed by atoms with Gasteiger partial charge in [-0.1, -0.05) is 276 Å². The summed E-state index contributed by atoms with van der Waals surface area (Å²) in [5.74, 6) is -0.919. The Bertz CT molecular complexity index is 1110. The van der Waals surface area contributed by atoms with Gasteiger partial charge in [-0.15, -0.1) is 0 Å². The maximum absolute atomic E-state index is 12.8. The Morgan fingerprint density at radius 1 is 0.303 bits per heavy atom. The maximum Gasteiger partial charge on any atom is 0.306 e. The summed E-state index contributed by atoms with van der Waals surface area (Å²) in [6.07, 6.45) is 65.7. The number of ether oxygens (including phenoxy) is 3. The largest absolute Gasteiger partial charge is 0.462 e. The van der Waals surface area contributed by atoms with E-state index in [2.05, 4.69) is 57.2 Å². The van der Waals surface area contributed by atoms with E-state index in [0.717, 1.165) is 57.8 Å². The number of hydrogen-bond acceptors (Lipinski definition) is 6. The van der Waals surface area contributed by atoms with Crippen LogP contribution >= 0.6 is 0 Å². The van der Waals surface area contributed by atoms with Crippen molar-refractivity contribution >= 4 is 17.9 Å². The molecule has 66 heavy (non-hydrogen) atoms. The standard InChI is InChI=1S/C60H110O6/c1-4-7-10-13-16-19-22-25-27-29-30-32-34-36-39-42-45-48-51-54-60(63)66-57(55-64-58(61)52-49-46-43-40-37-24-21-18-15-12-9-6-3)56-65-59(62)53-50-47-44-41-38-35-33-31-28-26-23-20-17-14-11-8-5-2/h26,28,33,35,41,44,57H,4-25,27,29-32,34,36-40,42-43,45-56H2,1-3H3/b28-26-,35-33-,44-41-/t57-/m0/s1. The van der Waals surface area contributed by atoms with Crippen LogP contribution in [0, 0.1) is 0 Å². The van der Waals surface area contributed by atoms with E-state index in [4.69, 9.17) is 14.2 Å². The predicted octanol–water partition coefficient (Wildman–Crippen LogP) is 19.3. The molecule has 0 aromatic rings. The average Bonchev–Trinajstić information content (AvgIpc) is 3.31. The van der Waals surface area contributed by atoms with Gasteiger partial charge in [-0.25, -0.2) is 0 Å². The summed E-state index contributed by atoms with van der Waals surface area (Å²) in [5, 5.41) is 0. The van der Waals surface area contributed by atoms with Gasteiger partial charge in [0.2, 0.25) is 0 Å². The van der Waals surface area contributed by atoms with Crippen LogP contribution in [0.25, 0.3) is 0 Å². The van der Waals surface area contributed by atoms with Gasteiger partial charge in [-0.2, -0.15) is 0 Å². The second kappa shape index (κ2) is 55.2. The zero-order valence-corrected chi connectivity index (χ0v) is 44.2. The minimum absolute atomic E-state index is 0.0829. The van der Waals surface area contributed by atoms with Crippen molar-refractivity contribution in [1.82, 2.24) is 0 Å². The van der Waals surface area contributed by atoms with Crippen molar-refractivity contribution in [1.29, 1.82) is 0 Å². The van der Waals surface area contributed by atoms with Gasteiger partial charge in [0, 0.05) is 19.3 Å². The Morgan fingerprint density at radius 2 is 0.561 bits per heavy atom. The number of unbranched alkanes of at least 4 members (excludes halogenated alkanes) is 36. The quantitative estimate of drug-likeness (QED) is 0.0262. The van der Waals surface area contributed by atoms with E-state index >= 15 is 0 Å². The van der Waals surface area contributed by atoms with E-state index in [1.807, 2.05) is 0 Å². The number of carbonyl (C=O) groups is 3. The van der Waals surface area contributed by atoms with Crippen molar-refractivity contribution < 1.29 is 28.6 Å². The summed E-state index contributed by atoms with van der Waals surface area (Å²) in [7, 11) is 0. The third-order valence-electron chi connectivity index (χ3n) is 12.9. The van der Waals surface area contributed by atoms with Crippen LogP contribution in [0.5, 0.6) is 0 Å². The summed E-state index contributed by atoms with van der Waals surface area (Å²) in [4.78, 5) is 38.1. The van der Waals surface area contributed by atoms with Crippen molar-refractivity contribution in [3.05, 3.63) is 36.5 Å². The highest BCUT2D eigenvalue weighted by atomic mass is 16.6. The fourth-order valence-corrected chi connectivity index (χ4v) is 8.52. The summed E-state index contributed by atoms with van der Waals surface area (Å²) < 4.78 is 16.8. The van der Waals surface area contributed by atoms with Crippen LogP contribution in [0.15, 0.2) is 36.5 Å². The lowest BCUT2D eigenvalue weighted by molar-refractivity contribution is -0.167. The first-order chi connectivity index (χ1) is 32.5. The summed E-state index contributed by atoms with van der Waals surface area (Å²) in [5.41, 5.74) is 0. The third-order valence-corrected chi connectivity index (χ3v) is 12.9. The van der Waals surface area contributed by atoms with Gasteiger partial charge in [0.25, 0.3) is 0 Å². The molecule has 0 saturated heterocycles. The van der Waals surface area contributed by atoms with Crippen molar-refractivity contribution in [3.8, 4) is 0 Å². The molecule has 0 heterocycles. The number of esters is 3. The fraction of sp³-hybridized carbons (Fsp3) is 0.850. The van der Waals surface area contributed by atoms with E-state index in [1.54, 1.807) is 0 Å². The first-order valence-corrected chi connectivity index (χ1v) is 29.0. The molecule has 0 bridgehead atoms. The minimum Gasteiger partial charge on any atom is -0.462 e. The average molecular weight is 928 g/mol. The van der Waals surface area contributed by atoms with Crippen molar-refractivity contribution in [3.63, 3.8) is 0 Å². The van der Waals surface area contributed by atoms with Crippen LogP contribution in [0.4, 0.5) is 0 Å². The first kappa shape index (κ1) is 63.6. The van der Waals surface area contributed by atoms with Gasteiger partial charge >= 0.3 is 17.9 Å². The highest BCUT2D eigenvalue weighted by Gasteiger charge is 2.19. The smallest absolute Gasteiger partial charge is 0.306 e. The molecule has 0 aliphatic heterocycles. The highest BCUT2D eigenvalue weighted by molar-refractivity contribution is 5.71. The first-order valence-electron chi connectivity index (χ1n) is 29.0. The molecule has 0 aromatic heterocycles. The van der Waals surface area contributed by atoms with Crippen LogP contribution in [0.1, 0.15) is 310 Å². The minimum atomic E-state index is -0.787. The van der Waals surface area contributed by atoms with Gasteiger partial charge in [0.05, 0.1) is 0 Å². The van der Waals surface area contributed by atoms with Gasteiger partial charge in [0.15, 0.2) is 6.10 Å². The predicted molar refractivity (Wildman–Crippen MR) is 284 cm³/mol. The second-order valence-corrected chi connectivity index (χ2v) is 19.6. The summed E-state index contributed by atoms with van der Waals surface area (Å²) in [6, 6.07) is 0. The van der Waals surface area contributed by atoms with E-state index in [0.29, 0.717) is 25.7 Å². The Morgan fingerprint density at radius 3 is 0.909 bits per heavy atom. The fourth-order valence-electron chi connectivity index (χ4n) is 8.52. The number of rotatable bonds is 53. The van der Waals surface area contributed by atoms with Gasteiger partial charge in [0.1, 0.15) is 13.2 Å². The molecule has 0 aliphatic rings. The van der Waals surface area contributed by atoms with E-state index < -0.39 is 6.10 Å². The molecule has 0 amide bonds. The summed E-state index contributed by atoms with van der Waals surface area (Å²) >= 11 is 0. The molecule has 1 atom stereocenters. The SMILES string of the molecule is CCCCCCCC/C=C\C/C=C\C/C=C\CCCC(=O)OC[C@H](COC(=O)CCCCCCCCCCCCCC)OC(=O)CCCCCCCCCCCCCCCCCCCCC. The second-order valence-electron chi connectivity index (χ2n) is 19.6. The van der Waals surface area contributed by atoms with Crippen LogP contribution in [-0.2, 0) is 28.6 Å². The normalized spacial score (nSPS) is 12.2. The monoisotopic (exact) mass is 927 g/mol. The number of carbonyl (C=O) groups excluding carboxylic acids is 3. The number of hydrogen-bond donors (Lipinski definition) is 0. The molecule has 6 nitrogen and oxygen atoms in total. The molecule has 0 radical (unpaired) electrons. The topological polar surface area (TPSA) is 78.9 Å². The molecule has 386 valence electrons. The molecule has 0 rings (SSSR count). The molecule has 0 aliphatic carbocycles. The molecule has 0 N–H and O–H groups in total. The van der Waals surface area contributed by atoms with Gasteiger partial charge in [-0.3, -0.25) is 14.4 Å². The van der Waals surface area contributed by atoms with E-state index in [1.165, 1.54) is 205 Å². The van der Waals surface area contributed by atoms with Crippen LogP contribution < -0.4 is 0 Å². The molecule has 0 fully saturated rings. The van der Waals surface area contributed by atoms with Crippen LogP contribution in [-0.4, -0.2) is 37.2 Å². The van der Waals surface area contributed by atoms with Crippen LogP contribution in [0.2, 0.25) is 0 Å². The Balaban J connectivity index is 4.37. The maximum atomic E-state index is 12.8. The molecular formula is C60H110O6. The molecule has 0 unspecified atom stereocenters. The highest BCUT2D eigenvalue weighted by Crippen LogP contribution is 2.17. The van der Waals surface area contributed by atoms with Crippen molar-refractivity contribution in [2.75, 3.05) is 13.2 Å². The lowest BCUT2D eigenvalue weighted by Gasteiger charge is -2.18. The Hall–Kier alpha value is -2.37. The van der Waals surface area contributed by atoms with Crippen molar-refractivity contribution in [2.45, 2.75) is 316 Å². The van der Waals surface area contributed by atoms with Gasteiger partial charge < -0.3 is 14.2 Å². The molecule has 0 aromatic carbocycles. The Kier molecular flexibility index (Phi) is 53.2. The van der Waals surface area contributed by atoms with Gasteiger partial charge in [-0.05, 0) is 51.4 Å². The molecule has 0 saturated carbocycles. The third kappa shape index (κ3) is 52.6. The van der Waals surface area contributed by atoms with Crippen molar-refractivity contribution in [2.24, 2.45) is 0 Å². The van der Waals surface area contributed by atoms with Crippen LogP contribution in [0.3, 0.4) is 0 Å². The number of allylic oxidation sites excluding steroid dienone is 6. The zero-order chi connectivity index (χ0) is 47.9. The Labute approximate surface area is 410 Å². The summed E-state index contributed by atoms with van der Waals surface area (Å²) in [6.45, 7) is 6.63. The molecule has 6 heteroatoms. The lowest BCUT2D eigenvalue weighted by Crippen LogP contribution is -2.30. The molecule has 0 spiro atoms. The zero-order valence-electron chi connectivity index (χ0n) is 44.2. The van der Waals surface area contributed by atoms with E-state index in [9.17, 15) is 14.4 Å². The van der Waals surface area contributed by atoms with E-state index in [-0.39, 0.29) is 31.1 Å².